The summed E-state index contributed by atoms with van der Waals surface area (Å²) >= 11 is 1.61. The SMILES string of the molecule is CCCCCCCCCCCCOc1cc(C(=O)Oc2ccc(OC(=O)c3ccc(-c4[c-]c(-c5ccc(C(=O)Oc6ccc(OC(=O)c7cc(C)c(OCCCCCCCCCCCC)c(C)c7)cc6)cn5)c(F)cc4F)nc3)cc2)cc(C)c1OCCCCCCCCCCCC.[Cl][Pt+]. The molecule has 0 radical (unpaired) electrons. The summed E-state index contributed by atoms with van der Waals surface area (Å²) in [6, 6.07) is 27.9. The number of benzene rings is 5. The maximum atomic E-state index is 15.4. The first-order valence-corrected chi connectivity index (χ1v) is 39.3. The minimum absolute atomic E-state index is 0.0374. The molecule has 7 aromatic rings. The Labute approximate surface area is 608 Å². The van der Waals surface area contributed by atoms with Crippen molar-refractivity contribution < 1.29 is 79.9 Å². The molecule has 0 aliphatic heterocycles. The Hall–Kier alpha value is -7.48. The van der Waals surface area contributed by atoms with Crippen LogP contribution in [0, 0.1) is 38.5 Å². The van der Waals surface area contributed by atoms with Crippen molar-refractivity contribution in [2.45, 2.75) is 234 Å². The zero-order valence-electron chi connectivity index (χ0n) is 59.6. The minimum atomic E-state index is -0.959. The summed E-state index contributed by atoms with van der Waals surface area (Å²) in [5, 5.41) is 0. The summed E-state index contributed by atoms with van der Waals surface area (Å²) in [4.78, 5) is 61.9. The second kappa shape index (κ2) is 46.8. The molecule has 0 amide bonds. The van der Waals surface area contributed by atoms with Gasteiger partial charge in [0.2, 0.25) is 0 Å². The number of carbonyl (C=O) groups excluding carboxylic acids is 4. The summed E-state index contributed by atoms with van der Waals surface area (Å²) in [5.74, 6) is -1.85. The first-order valence-electron chi connectivity index (χ1n) is 36.4. The van der Waals surface area contributed by atoms with Gasteiger partial charge >= 0.3 is 52.1 Å². The number of pyridine rings is 2. The van der Waals surface area contributed by atoms with E-state index in [1.807, 2.05) is 20.8 Å². The van der Waals surface area contributed by atoms with Gasteiger partial charge in [-0.05, 0) is 130 Å². The standard InChI is InChI=1S/C83H103F2N2O11.ClH.Pt/c1-7-10-13-16-19-22-25-28-31-34-49-92-77-55-66(54-62(6)79(77)94-51-36-33-30-27-24-21-18-15-12-9-3)83(91)98-70-45-41-68(42-46-70)96-81(89)64-38-48-76(87-59-64)72-56-71(73(84)57-74(72)85)75-47-37-63(58-86-75)80(88)95-67-39-43-69(44-40-67)97-82(90)65-52-60(4)78(61(5)53-65)93-50-35-32-29-26-23-20-17-14-11-8-2;;/h37-48,52-55,57-59H,7-36,49-51H2,1-6H3;1H;/q-1;;+2/p-1. The van der Waals surface area contributed by atoms with Crippen molar-refractivity contribution in [3.8, 4) is 62.8 Å². The Bertz CT molecular complexity index is 3550. The van der Waals surface area contributed by atoms with Crippen LogP contribution < -0.4 is 33.2 Å². The number of nitrogens with zero attached hydrogens (tertiary/aromatic N) is 2. The van der Waals surface area contributed by atoms with Gasteiger partial charge in [0.05, 0.1) is 53.7 Å². The Morgan fingerprint density at radius 3 is 0.960 bits per heavy atom. The van der Waals surface area contributed by atoms with Crippen LogP contribution in [0.3, 0.4) is 0 Å². The van der Waals surface area contributed by atoms with E-state index in [9.17, 15) is 19.2 Å². The van der Waals surface area contributed by atoms with Gasteiger partial charge in [0.15, 0.2) is 11.5 Å². The van der Waals surface area contributed by atoms with Crippen molar-refractivity contribution in [1.82, 2.24) is 9.97 Å². The van der Waals surface area contributed by atoms with Crippen molar-refractivity contribution in [3.63, 3.8) is 0 Å². The first kappa shape index (κ1) is 81.5. The fourth-order valence-electron chi connectivity index (χ4n) is 11.8. The van der Waals surface area contributed by atoms with Gasteiger partial charge < -0.3 is 33.2 Å². The molecule has 0 spiro atoms. The van der Waals surface area contributed by atoms with E-state index in [1.165, 1.54) is 233 Å². The number of ether oxygens (including phenoxy) is 7. The molecule has 2 heterocycles. The molecule has 100 heavy (non-hydrogen) atoms. The zero-order chi connectivity index (χ0) is 71.7. The van der Waals surface area contributed by atoms with Gasteiger partial charge in [-0.3, -0.25) is 18.7 Å². The molecule has 0 N–H and O–H groups in total. The van der Waals surface area contributed by atoms with Crippen molar-refractivity contribution in [1.29, 1.82) is 0 Å². The summed E-state index contributed by atoms with van der Waals surface area (Å²) in [5.41, 5.74) is 2.92. The molecule has 2 aromatic heterocycles. The first-order chi connectivity index (χ1) is 48.7. The number of esters is 4. The van der Waals surface area contributed by atoms with Crippen LogP contribution in [0.15, 0.2) is 116 Å². The molecule has 0 atom stereocenters. The van der Waals surface area contributed by atoms with Crippen LogP contribution >= 0.6 is 9.42 Å². The molecule has 0 aliphatic carbocycles. The van der Waals surface area contributed by atoms with Gasteiger partial charge in [0.25, 0.3) is 0 Å². The molecule has 0 saturated carbocycles. The van der Waals surface area contributed by atoms with Crippen molar-refractivity contribution >= 4 is 33.3 Å². The number of aryl methyl sites for hydroxylation is 3. The van der Waals surface area contributed by atoms with Crippen LogP contribution in [-0.4, -0.2) is 53.7 Å². The van der Waals surface area contributed by atoms with Gasteiger partial charge in [-0.15, -0.1) is 6.07 Å². The van der Waals surface area contributed by atoms with E-state index in [2.05, 4.69) is 46.2 Å². The average molecular weight is 1570 g/mol. The van der Waals surface area contributed by atoms with E-state index >= 15 is 8.78 Å². The van der Waals surface area contributed by atoms with Crippen LogP contribution in [0.5, 0.6) is 40.2 Å². The number of halogens is 3. The van der Waals surface area contributed by atoms with Crippen molar-refractivity contribution in [3.05, 3.63) is 172 Å². The molecule has 13 nitrogen and oxygen atoms in total. The van der Waals surface area contributed by atoms with Gasteiger partial charge in [-0.25, -0.2) is 19.2 Å². The van der Waals surface area contributed by atoms with E-state index in [0.29, 0.717) is 48.5 Å². The number of unbranched alkanes of at least 4 members (excludes halogenated alkanes) is 27. The molecule has 0 fully saturated rings. The molecule has 542 valence electrons. The third-order valence-corrected chi connectivity index (χ3v) is 17.4. The second-order valence-corrected chi connectivity index (χ2v) is 25.7. The Kier molecular flexibility index (Phi) is 38.2. The molecule has 5 aromatic carbocycles. The van der Waals surface area contributed by atoms with Crippen LogP contribution in [0.1, 0.15) is 272 Å². The molecule has 0 saturated heterocycles. The number of rotatable bonds is 46. The normalized spacial score (nSPS) is 11.0. The average Bonchev–Trinajstić information content (AvgIpc) is 0.810. The molecule has 17 heteroatoms. The maximum absolute atomic E-state index is 15.4. The summed E-state index contributed by atoms with van der Waals surface area (Å²) in [7, 11) is 4.61. The monoisotopic (exact) mass is 1570 g/mol. The predicted octanol–water partition coefficient (Wildman–Crippen LogP) is 23.3. The van der Waals surface area contributed by atoms with E-state index in [-0.39, 0.29) is 56.6 Å². The molecular formula is C83H103ClF2N2O11Pt. The van der Waals surface area contributed by atoms with Gasteiger partial charge in [-0.2, -0.15) is 0 Å². The molecule has 0 aliphatic rings. The fraction of sp³-hybridized carbons (Fsp3) is 0.470. The number of hydrogen-bond acceptors (Lipinski definition) is 13. The Morgan fingerprint density at radius 1 is 0.360 bits per heavy atom. The quantitative estimate of drug-likeness (QED) is 0.0154. The van der Waals surface area contributed by atoms with Crippen LogP contribution in [0.2, 0.25) is 0 Å². The Morgan fingerprint density at radius 2 is 0.640 bits per heavy atom. The number of aromatic nitrogens is 2. The summed E-state index contributed by atoms with van der Waals surface area (Å²) < 4.78 is 72.2. The van der Waals surface area contributed by atoms with E-state index in [0.717, 1.165) is 67.4 Å². The molecule has 0 unspecified atom stereocenters. The third-order valence-electron chi connectivity index (χ3n) is 17.4. The van der Waals surface area contributed by atoms with Crippen molar-refractivity contribution in [2.75, 3.05) is 19.8 Å². The number of carbonyl (C=O) groups is 4. The van der Waals surface area contributed by atoms with Crippen LogP contribution in [0.4, 0.5) is 8.78 Å². The number of hydrogen-bond donors (Lipinski definition) is 0. The zero-order valence-corrected chi connectivity index (χ0v) is 62.7. The molecule has 0 bridgehead atoms. The van der Waals surface area contributed by atoms with Gasteiger partial charge in [-0.1, -0.05) is 236 Å². The van der Waals surface area contributed by atoms with Gasteiger partial charge in [0.1, 0.15) is 28.7 Å². The molecule has 7 rings (SSSR count). The van der Waals surface area contributed by atoms with E-state index in [4.69, 9.17) is 33.2 Å². The summed E-state index contributed by atoms with van der Waals surface area (Å²) in [6.45, 7) is 14.1. The van der Waals surface area contributed by atoms with Gasteiger partial charge in [0, 0.05) is 23.8 Å². The second-order valence-electron chi connectivity index (χ2n) is 25.7. The van der Waals surface area contributed by atoms with Crippen molar-refractivity contribution in [2.24, 2.45) is 0 Å². The topological polar surface area (TPSA) is 159 Å². The third kappa shape index (κ3) is 28.5. The van der Waals surface area contributed by atoms with E-state index < -0.39 is 35.5 Å². The Balaban J connectivity index is 0.00000780. The predicted molar refractivity (Wildman–Crippen MR) is 389 cm³/mol. The fourth-order valence-corrected chi connectivity index (χ4v) is 11.8. The van der Waals surface area contributed by atoms with E-state index in [1.54, 1.807) is 43.0 Å². The van der Waals surface area contributed by atoms with Crippen LogP contribution in [-0.2, 0) is 18.8 Å². The van der Waals surface area contributed by atoms with Crippen LogP contribution in [0.25, 0.3) is 22.5 Å². The molecular weight excluding hydrogens is 1470 g/mol. The summed E-state index contributed by atoms with van der Waals surface area (Å²) in [6.07, 6.45) is 39.2.